The van der Waals surface area contributed by atoms with Gasteiger partial charge in [0.1, 0.15) is 5.75 Å². The molecule has 0 aliphatic heterocycles. The Morgan fingerprint density at radius 3 is 2.02 bits per heavy atom. The van der Waals surface area contributed by atoms with Gasteiger partial charge in [-0.2, -0.15) is 4.31 Å². The number of ether oxygens (including phenoxy) is 1. The number of benzene rings is 3. The molecular weight excluding hydrogens is 604 g/mol. The topological polar surface area (TPSA) is 119 Å². The molecule has 2 N–H and O–H groups in total. The number of hydrogen-bond acceptors (Lipinski definition) is 7. The van der Waals surface area contributed by atoms with E-state index in [1.807, 2.05) is 76.2 Å². The van der Waals surface area contributed by atoms with Crippen molar-refractivity contribution in [2.75, 3.05) is 52.3 Å². The van der Waals surface area contributed by atoms with Crippen molar-refractivity contribution in [3.63, 3.8) is 0 Å². The number of rotatable bonds is 16. The van der Waals surface area contributed by atoms with Crippen LogP contribution in [0.1, 0.15) is 30.5 Å². The number of para-hydroxylation sites is 1. The maximum atomic E-state index is 13.8. The molecule has 11 heteroatoms. The summed E-state index contributed by atoms with van der Waals surface area (Å²) < 4.78 is 34.0. The summed E-state index contributed by atoms with van der Waals surface area (Å²) in [6.07, 6.45) is -0.973. The third-order valence-electron chi connectivity index (χ3n) is 7.68. The lowest BCUT2D eigenvalue weighted by molar-refractivity contribution is -0.127. The van der Waals surface area contributed by atoms with Crippen LogP contribution in [0, 0.1) is 19.8 Å². The number of nitrogens with zero attached hydrogens (tertiary/aromatic N) is 3. The maximum absolute atomic E-state index is 13.8. The minimum absolute atomic E-state index is 0.0136. The molecule has 0 unspecified atom stereocenters. The second kappa shape index (κ2) is 16.6. The van der Waals surface area contributed by atoms with Crippen LogP contribution in [0.3, 0.4) is 0 Å². The van der Waals surface area contributed by atoms with E-state index >= 15 is 0 Å². The smallest absolute Gasteiger partial charge is 0.243 e. The molecular formula is C35H48N4O6S. The van der Waals surface area contributed by atoms with Gasteiger partial charge in [-0.25, -0.2) is 8.42 Å². The number of hydrogen-bond donors (Lipinski definition) is 2. The van der Waals surface area contributed by atoms with E-state index in [1.165, 1.54) is 28.4 Å². The van der Waals surface area contributed by atoms with Crippen molar-refractivity contribution >= 4 is 27.5 Å². The molecule has 0 aliphatic rings. The van der Waals surface area contributed by atoms with E-state index < -0.39 is 28.1 Å². The fourth-order valence-electron chi connectivity index (χ4n) is 5.31. The summed E-state index contributed by atoms with van der Waals surface area (Å²) in [7, 11) is 0.859. The lowest BCUT2D eigenvalue weighted by Gasteiger charge is -2.32. The lowest BCUT2D eigenvalue weighted by atomic mass is 10.0. The average Bonchev–Trinajstić information content (AvgIpc) is 3.00. The fraction of sp³-hybridized carbons (Fsp3) is 0.429. The van der Waals surface area contributed by atoms with E-state index in [2.05, 4.69) is 5.32 Å². The molecule has 46 heavy (non-hydrogen) atoms. The number of nitrogens with one attached hydrogen (secondary N) is 1. The molecule has 0 saturated heterocycles. The third kappa shape index (κ3) is 10.0. The molecule has 0 aromatic heterocycles. The zero-order chi connectivity index (χ0) is 34.0. The first-order chi connectivity index (χ1) is 21.7. The Morgan fingerprint density at radius 1 is 0.870 bits per heavy atom. The quantitative estimate of drug-likeness (QED) is 0.243. The number of aliphatic hydroxyl groups excluding tert-OH is 1. The van der Waals surface area contributed by atoms with Gasteiger partial charge in [0.15, 0.2) is 0 Å². The SMILES string of the molecule is COc1ccc(S(=O)(=O)N(CC(C)C)C[C@H](O)[C@H](Cc2ccccc2)NC(=O)CN(CC(=O)N(C)C)c2c(C)cccc2C)cc1. The van der Waals surface area contributed by atoms with Gasteiger partial charge in [-0.1, -0.05) is 62.4 Å². The minimum atomic E-state index is -3.98. The number of aliphatic hydroxyl groups is 1. The Kier molecular flexibility index (Phi) is 13.2. The summed E-state index contributed by atoms with van der Waals surface area (Å²) >= 11 is 0. The molecule has 2 atom stereocenters. The maximum Gasteiger partial charge on any atom is 0.243 e. The van der Waals surface area contributed by atoms with Crippen LogP contribution in [-0.2, 0) is 26.0 Å². The molecule has 0 bridgehead atoms. The van der Waals surface area contributed by atoms with Gasteiger partial charge in [0.25, 0.3) is 0 Å². The van der Waals surface area contributed by atoms with Crippen molar-refractivity contribution in [2.24, 2.45) is 5.92 Å². The van der Waals surface area contributed by atoms with Crippen LogP contribution in [0.2, 0.25) is 0 Å². The highest BCUT2D eigenvalue weighted by molar-refractivity contribution is 7.89. The zero-order valence-electron chi connectivity index (χ0n) is 27.9. The molecule has 3 aromatic carbocycles. The predicted octanol–water partition coefficient (Wildman–Crippen LogP) is 3.64. The molecule has 0 aliphatic carbocycles. The summed E-state index contributed by atoms with van der Waals surface area (Å²) in [5, 5.41) is 14.6. The van der Waals surface area contributed by atoms with Gasteiger partial charge in [-0.3, -0.25) is 9.59 Å². The molecule has 250 valence electrons. The summed E-state index contributed by atoms with van der Waals surface area (Å²) in [6.45, 7) is 7.47. The number of carbonyl (C=O) groups excluding carboxylic acids is 2. The molecule has 0 saturated carbocycles. The van der Waals surface area contributed by atoms with Crippen LogP contribution >= 0.6 is 0 Å². The predicted molar refractivity (Wildman–Crippen MR) is 181 cm³/mol. The number of carbonyl (C=O) groups is 2. The van der Waals surface area contributed by atoms with Crippen LogP contribution in [0.5, 0.6) is 5.75 Å². The van der Waals surface area contributed by atoms with Gasteiger partial charge in [-0.15, -0.1) is 0 Å². The Balaban J connectivity index is 1.91. The molecule has 0 radical (unpaired) electrons. The number of likely N-dealkylation sites (N-methyl/N-ethyl adjacent to an activating group) is 1. The number of sulfonamides is 1. The van der Waals surface area contributed by atoms with E-state index in [0.717, 1.165) is 22.4 Å². The second-order valence-electron chi connectivity index (χ2n) is 12.2. The highest BCUT2D eigenvalue weighted by Gasteiger charge is 2.32. The van der Waals surface area contributed by atoms with Crippen LogP contribution < -0.4 is 15.0 Å². The van der Waals surface area contributed by atoms with Gasteiger partial charge in [0.05, 0.1) is 37.2 Å². The largest absolute Gasteiger partial charge is 0.497 e. The molecule has 0 spiro atoms. The van der Waals surface area contributed by atoms with Crippen molar-refractivity contribution in [3.8, 4) is 5.75 Å². The number of amides is 2. The van der Waals surface area contributed by atoms with Crippen LogP contribution in [0.25, 0.3) is 0 Å². The van der Waals surface area contributed by atoms with Crippen molar-refractivity contribution in [2.45, 2.75) is 51.2 Å². The standard InChI is InChI=1S/C35H48N4O6S/c1-25(2)21-39(46(43,44)30-18-16-29(45-7)17-19-30)22-32(40)31(20-28-14-9-8-10-15-28)36-33(41)23-38(24-34(42)37(5)6)35-26(3)12-11-13-27(35)4/h8-19,25,31-32,40H,20-24H2,1-7H3,(H,36,41)/t31-,32-/m0/s1. The molecule has 0 fully saturated rings. The minimum Gasteiger partial charge on any atom is -0.497 e. The molecule has 3 aromatic rings. The van der Waals surface area contributed by atoms with Crippen molar-refractivity contribution < 1.29 is 27.9 Å². The Hall–Kier alpha value is -3.93. The van der Waals surface area contributed by atoms with E-state index in [9.17, 15) is 23.1 Å². The van der Waals surface area contributed by atoms with Crippen LogP contribution in [0.15, 0.2) is 77.7 Å². The van der Waals surface area contributed by atoms with Gasteiger partial charge in [-0.05, 0) is 67.1 Å². The Morgan fingerprint density at radius 2 is 1.48 bits per heavy atom. The second-order valence-corrected chi connectivity index (χ2v) is 14.1. The summed E-state index contributed by atoms with van der Waals surface area (Å²) in [5.41, 5.74) is 3.51. The van der Waals surface area contributed by atoms with Crippen molar-refractivity contribution in [1.29, 1.82) is 0 Å². The fourth-order valence-corrected chi connectivity index (χ4v) is 6.93. The first-order valence-electron chi connectivity index (χ1n) is 15.4. The average molecular weight is 653 g/mol. The number of anilines is 1. The van der Waals surface area contributed by atoms with Gasteiger partial charge < -0.3 is 25.0 Å². The van der Waals surface area contributed by atoms with Crippen LogP contribution in [-0.4, -0.2) is 94.1 Å². The number of aryl methyl sites for hydroxylation is 2. The first kappa shape index (κ1) is 36.5. The molecule has 2 amide bonds. The molecule has 10 nitrogen and oxygen atoms in total. The summed E-state index contributed by atoms with van der Waals surface area (Å²) in [4.78, 5) is 29.8. The van der Waals surface area contributed by atoms with Crippen molar-refractivity contribution in [1.82, 2.24) is 14.5 Å². The zero-order valence-corrected chi connectivity index (χ0v) is 28.8. The third-order valence-corrected chi connectivity index (χ3v) is 9.53. The van der Waals surface area contributed by atoms with E-state index in [4.69, 9.17) is 4.74 Å². The molecule has 3 rings (SSSR count). The number of methoxy groups -OCH3 is 1. The van der Waals surface area contributed by atoms with Crippen LogP contribution in [0.4, 0.5) is 5.69 Å². The van der Waals surface area contributed by atoms with Gasteiger partial charge in [0, 0.05) is 32.9 Å². The summed E-state index contributed by atoms with van der Waals surface area (Å²) in [5.74, 6) is -0.0585. The molecule has 0 heterocycles. The van der Waals surface area contributed by atoms with E-state index in [-0.39, 0.29) is 49.3 Å². The van der Waals surface area contributed by atoms with E-state index in [1.54, 1.807) is 31.1 Å². The summed E-state index contributed by atoms with van der Waals surface area (Å²) in [6, 6.07) is 20.5. The highest BCUT2D eigenvalue weighted by Crippen LogP contribution is 2.25. The highest BCUT2D eigenvalue weighted by atomic mass is 32.2. The normalized spacial score (nSPS) is 12.9. The lowest BCUT2D eigenvalue weighted by Crippen LogP contribution is -2.53. The van der Waals surface area contributed by atoms with Crippen molar-refractivity contribution in [3.05, 3.63) is 89.5 Å². The Bertz CT molecular complexity index is 1520. The Labute approximate surface area is 274 Å². The first-order valence-corrected chi connectivity index (χ1v) is 16.8. The van der Waals surface area contributed by atoms with E-state index in [0.29, 0.717) is 5.75 Å². The monoisotopic (exact) mass is 652 g/mol. The van der Waals surface area contributed by atoms with Gasteiger partial charge >= 0.3 is 0 Å². The van der Waals surface area contributed by atoms with Gasteiger partial charge in [0.2, 0.25) is 21.8 Å².